The highest BCUT2D eigenvalue weighted by Gasteiger charge is 2.37. The molecule has 1 atom stereocenters. The fraction of sp³-hybridized carbons (Fsp3) is 0.462. The predicted octanol–water partition coefficient (Wildman–Crippen LogP) is 2.06. The van der Waals surface area contributed by atoms with Gasteiger partial charge in [0, 0.05) is 25.1 Å². The molecule has 6 heteroatoms. The monoisotopic (exact) mass is 264 g/mol. The molecule has 1 saturated heterocycles. The number of rotatable bonds is 4. The Labute approximate surface area is 110 Å². The lowest BCUT2D eigenvalue weighted by Gasteiger charge is -2.42. The van der Waals surface area contributed by atoms with Gasteiger partial charge in [-0.3, -0.25) is 14.9 Å². The summed E-state index contributed by atoms with van der Waals surface area (Å²) in [6, 6.07) is 5.11. The number of hydrogen-bond acceptors (Lipinski definition) is 4. The van der Waals surface area contributed by atoms with Crippen LogP contribution in [0.15, 0.2) is 18.2 Å². The van der Waals surface area contributed by atoms with E-state index in [1.165, 1.54) is 0 Å². The van der Waals surface area contributed by atoms with Gasteiger partial charge in [0.1, 0.15) is 5.69 Å². The van der Waals surface area contributed by atoms with Gasteiger partial charge in [-0.05, 0) is 18.6 Å². The summed E-state index contributed by atoms with van der Waals surface area (Å²) in [5.74, 6) is -1.18. The summed E-state index contributed by atoms with van der Waals surface area (Å²) in [4.78, 5) is 23.4. The lowest BCUT2D eigenvalue weighted by Crippen LogP contribution is -2.51. The van der Waals surface area contributed by atoms with Crippen molar-refractivity contribution in [3.05, 3.63) is 33.9 Å². The molecule has 0 aliphatic carbocycles. The maximum atomic E-state index is 11.0. The molecule has 0 amide bonds. The summed E-state index contributed by atoms with van der Waals surface area (Å²) in [6.07, 6.45) is 0. The van der Waals surface area contributed by atoms with Crippen LogP contribution in [-0.4, -0.2) is 29.1 Å². The van der Waals surface area contributed by atoms with Crippen LogP contribution < -0.4 is 4.90 Å². The van der Waals surface area contributed by atoms with E-state index in [-0.39, 0.29) is 11.6 Å². The molecule has 1 aromatic carbocycles. The summed E-state index contributed by atoms with van der Waals surface area (Å²) < 4.78 is 0. The van der Waals surface area contributed by atoms with Gasteiger partial charge in [0.2, 0.25) is 0 Å². The van der Waals surface area contributed by atoms with Crippen molar-refractivity contribution < 1.29 is 14.8 Å². The van der Waals surface area contributed by atoms with E-state index in [0.29, 0.717) is 18.8 Å². The van der Waals surface area contributed by atoms with E-state index in [1.807, 2.05) is 17.9 Å². The molecule has 1 unspecified atom stereocenters. The van der Waals surface area contributed by atoms with E-state index in [9.17, 15) is 14.9 Å². The first-order chi connectivity index (χ1) is 8.90. The standard InChI is InChI=1S/C13H16N2O4/c1-8-3-4-11(12(5-8)15(18)19)14-6-10(7-14)9(2)13(16)17/h3-5,9-10H,6-7H2,1-2H3,(H,16,17). The molecule has 0 bridgehead atoms. The van der Waals surface area contributed by atoms with Crippen LogP contribution in [0.4, 0.5) is 11.4 Å². The number of nitro groups is 1. The van der Waals surface area contributed by atoms with E-state index in [0.717, 1.165) is 5.56 Å². The third kappa shape index (κ3) is 2.52. The lowest BCUT2D eigenvalue weighted by molar-refractivity contribution is -0.384. The van der Waals surface area contributed by atoms with Crippen LogP contribution >= 0.6 is 0 Å². The van der Waals surface area contributed by atoms with Crippen molar-refractivity contribution >= 4 is 17.3 Å². The van der Waals surface area contributed by atoms with E-state index in [2.05, 4.69) is 0 Å². The number of aliphatic carboxylic acids is 1. The Morgan fingerprint density at radius 2 is 2.16 bits per heavy atom. The number of carbonyl (C=O) groups is 1. The van der Waals surface area contributed by atoms with Crippen molar-refractivity contribution in [3.63, 3.8) is 0 Å². The van der Waals surface area contributed by atoms with Gasteiger partial charge in [-0.1, -0.05) is 13.0 Å². The number of nitrogens with zero attached hydrogens (tertiary/aromatic N) is 2. The highest BCUT2D eigenvalue weighted by molar-refractivity contribution is 5.71. The summed E-state index contributed by atoms with van der Waals surface area (Å²) >= 11 is 0. The molecule has 1 N–H and O–H groups in total. The van der Waals surface area contributed by atoms with Crippen LogP contribution in [0.5, 0.6) is 0 Å². The number of nitro benzene ring substituents is 1. The zero-order valence-corrected chi connectivity index (χ0v) is 10.9. The maximum absolute atomic E-state index is 11.0. The molecular formula is C13H16N2O4. The highest BCUT2D eigenvalue weighted by Crippen LogP contribution is 2.35. The molecule has 6 nitrogen and oxygen atoms in total. The molecule has 1 fully saturated rings. The quantitative estimate of drug-likeness (QED) is 0.664. The topological polar surface area (TPSA) is 83.7 Å². The number of hydrogen-bond donors (Lipinski definition) is 1. The van der Waals surface area contributed by atoms with Crippen LogP contribution in [0.2, 0.25) is 0 Å². The molecule has 19 heavy (non-hydrogen) atoms. The summed E-state index contributed by atoms with van der Waals surface area (Å²) in [7, 11) is 0. The minimum absolute atomic E-state index is 0.0541. The lowest BCUT2D eigenvalue weighted by atomic mass is 9.86. The predicted molar refractivity (Wildman–Crippen MR) is 70.3 cm³/mol. The average Bonchev–Trinajstić information content (AvgIpc) is 2.28. The van der Waals surface area contributed by atoms with Crippen molar-refractivity contribution in [1.29, 1.82) is 0 Å². The van der Waals surface area contributed by atoms with Crippen LogP contribution in [0, 0.1) is 28.9 Å². The number of benzene rings is 1. The molecule has 1 aromatic rings. The SMILES string of the molecule is Cc1ccc(N2CC(C(C)C(=O)O)C2)c([N+](=O)[O-])c1. The number of carboxylic acids is 1. The highest BCUT2D eigenvalue weighted by atomic mass is 16.6. The smallest absolute Gasteiger partial charge is 0.306 e. The Kier molecular flexibility index (Phi) is 3.42. The number of carboxylic acid groups (broad SMARTS) is 1. The van der Waals surface area contributed by atoms with Gasteiger partial charge in [-0.25, -0.2) is 0 Å². The van der Waals surface area contributed by atoms with E-state index < -0.39 is 16.8 Å². The molecule has 1 aliphatic heterocycles. The second-order valence-corrected chi connectivity index (χ2v) is 5.04. The Bertz CT molecular complexity index is 523. The summed E-state index contributed by atoms with van der Waals surface area (Å²) in [5.41, 5.74) is 1.50. The minimum Gasteiger partial charge on any atom is -0.481 e. The van der Waals surface area contributed by atoms with Crippen molar-refractivity contribution in [2.24, 2.45) is 11.8 Å². The van der Waals surface area contributed by atoms with Gasteiger partial charge in [-0.2, -0.15) is 0 Å². The third-order valence-corrected chi connectivity index (χ3v) is 3.67. The number of aryl methyl sites for hydroxylation is 1. The molecule has 1 aliphatic rings. The van der Waals surface area contributed by atoms with Gasteiger partial charge in [-0.15, -0.1) is 0 Å². The zero-order valence-electron chi connectivity index (χ0n) is 10.9. The molecule has 0 saturated carbocycles. The van der Waals surface area contributed by atoms with Gasteiger partial charge in [0.15, 0.2) is 0 Å². The largest absolute Gasteiger partial charge is 0.481 e. The molecule has 2 rings (SSSR count). The Balaban J connectivity index is 2.14. The first kappa shape index (κ1) is 13.3. The normalized spacial score (nSPS) is 16.8. The van der Waals surface area contributed by atoms with Crippen molar-refractivity contribution in [2.45, 2.75) is 13.8 Å². The fourth-order valence-corrected chi connectivity index (χ4v) is 2.27. The summed E-state index contributed by atoms with van der Waals surface area (Å²) in [5, 5.41) is 20.0. The van der Waals surface area contributed by atoms with Gasteiger partial charge in [0.05, 0.1) is 10.8 Å². The van der Waals surface area contributed by atoms with Crippen molar-refractivity contribution in [3.8, 4) is 0 Å². The van der Waals surface area contributed by atoms with Crippen LogP contribution in [-0.2, 0) is 4.79 Å². The summed E-state index contributed by atoms with van der Waals surface area (Å²) in [6.45, 7) is 4.59. The Morgan fingerprint density at radius 3 is 2.68 bits per heavy atom. The molecule has 102 valence electrons. The first-order valence-electron chi connectivity index (χ1n) is 6.13. The van der Waals surface area contributed by atoms with Crippen LogP contribution in [0.1, 0.15) is 12.5 Å². The second-order valence-electron chi connectivity index (χ2n) is 5.04. The Morgan fingerprint density at radius 1 is 1.53 bits per heavy atom. The molecule has 0 radical (unpaired) electrons. The first-order valence-corrected chi connectivity index (χ1v) is 6.13. The van der Waals surface area contributed by atoms with Gasteiger partial charge >= 0.3 is 5.97 Å². The molecule has 1 heterocycles. The van der Waals surface area contributed by atoms with Crippen molar-refractivity contribution in [2.75, 3.05) is 18.0 Å². The third-order valence-electron chi connectivity index (χ3n) is 3.67. The molecule has 0 spiro atoms. The second kappa shape index (κ2) is 4.87. The van der Waals surface area contributed by atoms with Gasteiger partial charge < -0.3 is 10.0 Å². The number of anilines is 1. The fourth-order valence-electron chi connectivity index (χ4n) is 2.27. The van der Waals surface area contributed by atoms with Gasteiger partial charge in [0.25, 0.3) is 5.69 Å². The van der Waals surface area contributed by atoms with Crippen LogP contribution in [0.3, 0.4) is 0 Å². The van der Waals surface area contributed by atoms with E-state index in [1.54, 1.807) is 19.1 Å². The molecular weight excluding hydrogens is 248 g/mol. The van der Waals surface area contributed by atoms with Crippen LogP contribution in [0.25, 0.3) is 0 Å². The zero-order chi connectivity index (χ0) is 14.2. The maximum Gasteiger partial charge on any atom is 0.306 e. The Hall–Kier alpha value is -2.11. The average molecular weight is 264 g/mol. The van der Waals surface area contributed by atoms with E-state index >= 15 is 0 Å². The van der Waals surface area contributed by atoms with E-state index in [4.69, 9.17) is 5.11 Å². The molecule has 0 aromatic heterocycles. The van der Waals surface area contributed by atoms with Crippen molar-refractivity contribution in [1.82, 2.24) is 0 Å². The minimum atomic E-state index is -0.817.